The van der Waals surface area contributed by atoms with E-state index in [2.05, 4.69) is 0 Å². The molecule has 123 heavy (non-hydrogen) atoms. The van der Waals surface area contributed by atoms with Gasteiger partial charge < -0.3 is 85.6 Å². The molecule has 1 N–H and O–H groups in total. The van der Waals surface area contributed by atoms with Gasteiger partial charge in [0.25, 0.3) is 0 Å². The second kappa shape index (κ2) is 42.3. The van der Waals surface area contributed by atoms with E-state index in [0.29, 0.717) is 5.56 Å². The first-order valence-electron chi connectivity index (χ1n) is 39.0. The molecule has 3 saturated heterocycles. The third-order valence-electron chi connectivity index (χ3n) is 19.6. The van der Waals surface area contributed by atoms with Gasteiger partial charge in [0, 0.05) is 13.8 Å². The van der Waals surface area contributed by atoms with Crippen LogP contribution in [-0.4, -0.2) is 195 Å². The summed E-state index contributed by atoms with van der Waals surface area (Å²) < 4.78 is 112. The highest BCUT2D eigenvalue weighted by atomic mass is 16.8. The van der Waals surface area contributed by atoms with E-state index in [9.17, 15) is 33.9 Å². The summed E-state index contributed by atoms with van der Waals surface area (Å²) in [6, 6.07) is 75.1. The Balaban J connectivity index is 1.05. The predicted molar refractivity (Wildman–Crippen MR) is 428 cm³/mol. The minimum Gasteiger partial charge on any atom is -0.462 e. The molecule has 29 nitrogen and oxygen atoms in total. The number of hydrogen-bond donors (Lipinski definition) is 1. The zero-order valence-electron chi connectivity index (χ0n) is 65.9. The van der Waals surface area contributed by atoms with E-state index >= 15 is 24.0 Å². The highest BCUT2D eigenvalue weighted by Crippen LogP contribution is 2.42. The molecule has 3 aliphatic heterocycles. The van der Waals surface area contributed by atoms with Gasteiger partial charge in [-0.2, -0.15) is 0 Å². The molecule has 3 heterocycles. The molecule has 0 saturated carbocycles. The molecule has 29 heteroatoms. The fraction of sp³-hybridized carbons (Fsp3) is 0.245. The molecule has 632 valence electrons. The van der Waals surface area contributed by atoms with Gasteiger partial charge >= 0.3 is 65.7 Å². The Bertz CT molecular complexity index is 5200. The molecule has 10 aromatic carbocycles. The minimum atomic E-state index is -2.51. The van der Waals surface area contributed by atoms with Crippen molar-refractivity contribution < 1.29 is 138 Å². The fourth-order valence-corrected chi connectivity index (χ4v) is 13.7. The number of hydrogen-bond acceptors (Lipinski definition) is 29. The molecule has 0 unspecified atom stereocenters. The standard InChI is InChI=1S/C94H82O29/c1-57(95)107-54-69(111-58(2)96)72-76(122-93-81(119-90(104)67-49-29-11-30-50-67)77(117-88(102)65-45-25-9-26-46-65)73(114-86(100)63-41-21-7-22-42-63)71(113-93)56-110-84(98)61-37-17-5-18-38-61)78(80(92(106)115-72)108-53-59-33-13-3-14-34-59)123-94-82(120-91(105)68-51-31-12-32-52-68)79(118-89(103)66-47-27-10-28-48-66)75(116-87(101)64-43-23-8-24-44-64)74(121-94)70(112-85(99)62-39-19-6-20-40-62)55-109-83(97)60-35-15-4-16-36-60/h3-52,69-82,92-94,106H,53-56H2,1-2H3/t69-,70-,71+,72+,73+,74+,75+,76+,77-,78-,79-,80-,81+,82-,92-,93-,94+/m0/s1. The van der Waals surface area contributed by atoms with Crippen LogP contribution in [0, 0.1) is 0 Å². The smallest absolute Gasteiger partial charge is 0.338 e. The van der Waals surface area contributed by atoms with Crippen molar-refractivity contribution in [2.45, 2.75) is 125 Å². The van der Waals surface area contributed by atoms with E-state index in [1.807, 2.05) is 0 Å². The van der Waals surface area contributed by atoms with Gasteiger partial charge in [0.05, 0.1) is 56.7 Å². The zero-order valence-corrected chi connectivity index (χ0v) is 65.9. The van der Waals surface area contributed by atoms with Crippen LogP contribution in [0.1, 0.15) is 113 Å². The number of carbonyl (C=O) groups excluding carboxylic acids is 11. The molecule has 10 aromatic rings. The molecule has 3 aliphatic rings. The molecule has 3 fully saturated rings. The zero-order chi connectivity index (χ0) is 86.1. The molecular weight excluding hydrogens is 1590 g/mol. The van der Waals surface area contributed by atoms with Gasteiger partial charge in [-0.25, -0.2) is 43.2 Å². The third kappa shape index (κ3) is 23.0. The molecule has 17 atom stereocenters. The number of benzene rings is 10. The molecule has 0 amide bonds. The van der Waals surface area contributed by atoms with Crippen molar-refractivity contribution in [1.82, 2.24) is 0 Å². The van der Waals surface area contributed by atoms with Gasteiger partial charge in [-0.1, -0.05) is 194 Å². The molecule has 13 rings (SSSR count). The number of aliphatic hydroxyl groups is 1. The van der Waals surface area contributed by atoms with Crippen molar-refractivity contribution in [1.29, 1.82) is 0 Å². The van der Waals surface area contributed by atoms with Gasteiger partial charge in [-0.05, 0) is 115 Å². The molecule has 0 radical (unpaired) electrons. The lowest BCUT2D eigenvalue weighted by molar-refractivity contribution is -0.391. The fourth-order valence-electron chi connectivity index (χ4n) is 13.7. The monoisotopic (exact) mass is 1670 g/mol. The summed E-state index contributed by atoms with van der Waals surface area (Å²) in [5.74, 6) is -12.1. The van der Waals surface area contributed by atoms with Crippen LogP contribution in [0.25, 0.3) is 0 Å². The molecule has 0 spiro atoms. The Labute approximate surface area is 704 Å². The van der Waals surface area contributed by atoms with Crippen LogP contribution in [-0.2, 0) is 96.7 Å². The van der Waals surface area contributed by atoms with Gasteiger partial charge in [0.1, 0.15) is 56.4 Å². The Hall–Kier alpha value is -13.9. The van der Waals surface area contributed by atoms with Crippen molar-refractivity contribution in [3.8, 4) is 0 Å². The van der Waals surface area contributed by atoms with Gasteiger partial charge in [-0.3, -0.25) is 9.59 Å². The first kappa shape index (κ1) is 86.9. The summed E-state index contributed by atoms with van der Waals surface area (Å²) in [4.78, 5) is 162. The number of rotatable bonds is 32. The molecule has 0 aliphatic carbocycles. The summed E-state index contributed by atoms with van der Waals surface area (Å²) >= 11 is 0. The van der Waals surface area contributed by atoms with E-state index in [1.54, 1.807) is 109 Å². The maximum absolute atomic E-state index is 15.4. The maximum atomic E-state index is 15.4. The average Bonchev–Trinajstić information content (AvgIpc) is 0.753. The second-order valence-corrected chi connectivity index (χ2v) is 28.1. The Kier molecular flexibility index (Phi) is 29.9. The van der Waals surface area contributed by atoms with Crippen molar-refractivity contribution in [3.05, 3.63) is 359 Å². The lowest BCUT2D eigenvalue weighted by Gasteiger charge is -2.51. The summed E-state index contributed by atoms with van der Waals surface area (Å²) in [5, 5.41) is 13.1. The lowest BCUT2D eigenvalue weighted by atomic mass is 9.92. The Morgan fingerprint density at radius 1 is 0.285 bits per heavy atom. The maximum Gasteiger partial charge on any atom is 0.338 e. The highest BCUT2D eigenvalue weighted by molar-refractivity contribution is 5.94. The SMILES string of the molecule is CC(=O)OC[C@H](OC(C)=O)[C@H]1O[C@H](O)[C@@H](OCc2ccccc2)[C@@H](O[C@H]2O[C@H]([C@H](COC(=O)c3ccccc3)OC(=O)c3ccccc3)[C@@H](OC(=O)c3ccccc3)[C@H](OC(=O)c3ccccc3)[C@@H]2OC(=O)c2ccccc2)[C@@H]1O[C@@H]1O[C@H](COC(=O)c2ccccc2)[C@@H](OC(=O)c2ccccc2)[C@H](OC(=O)c2ccccc2)[C@H]1OC(=O)c1ccccc1. The van der Waals surface area contributed by atoms with Gasteiger partial charge in [0.15, 0.2) is 67.7 Å². The van der Waals surface area contributed by atoms with Crippen LogP contribution in [0.3, 0.4) is 0 Å². The number of esters is 11. The highest BCUT2D eigenvalue weighted by Gasteiger charge is 2.62. The average molecular weight is 1680 g/mol. The molecule has 0 bridgehead atoms. The summed E-state index contributed by atoms with van der Waals surface area (Å²) in [7, 11) is 0. The quantitative estimate of drug-likeness (QED) is 0.0302. The van der Waals surface area contributed by atoms with E-state index in [1.165, 1.54) is 194 Å². The van der Waals surface area contributed by atoms with Gasteiger partial charge in [0.2, 0.25) is 0 Å². The van der Waals surface area contributed by atoms with Crippen LogP contribution < -0.4 is 0 Å². The van der Waals surface area contributed by atoms with E-state index < -0.39 is 196 Å². The van der Waals surface area contributed by atoms with Crippen molar-refractivity contribution in [3.63, 3.8) is 0 Å². The second-order valence-electron chi connectivity index (χ2n) is 28.1. The number of aliphatic hydroxyl groups excluding tert-OH is 1. The Morgan fingerprint density at radius 2 is 0.585 bits per heavy atom. The summed E-state index contributed by atoms with van der Waals surface area (Å²) in [5.41, 5.74) is -0.449. The summed E-state index contributed by atoms with van der Waals surface area (Å²) in [6.07, 6.45) is -37.8. The first-order valence-corrected chi connectivity index (χ1v) is 39.0. The van der Waals surface area contributed by atoms with Crippen molar-refractivity contribution in [2.75, 3.05) is 19.8 Å². The van der Waals surface area contributed by atoms with Crippen LogP contribution in [0.15, 0.2) is 303 Å². The lowest BCUT2D eigenvalue weighted by Crippen LogP contribution is -2.70. The van der Waals surface area contributed by atoms with E-state index in [-0.39, 0.29) is 50.1 Å². The topological polar surface area (TPSA) is 365 Å². The summed E-state index contributed by atoms with van der Waals surface area (Å²) in [6.45, 7) is -1.39. The predicted octanol–water partition coefficient (Wildman–Crippen LogP) is 11.3. The molecule has 0 aromatic heterocycles. The number of carbonyl (C=O) groups is 11. The molecular formula is C94H82O29. The first-order chi connectivity index (χ1) is 59.8. The van der Waals surface area contributed by atoms with Crippen LogP contribution in [0.2, 0.25) is 0 Å². The van der Waals surface area contributed by atoms with Crippen LogP contribution in [0.4, 0.5) is 0 Å². The van der Waals surface area contributed by atoms with E-state index in [4.69, 9.17) is 80.5 Å². The minimum absolute atomic E-state index is 0.00470. The van der Waals surface area contributed by atoms with Crippen LogP contribution in [0.5, 0.6) is 0 Å². The van der Waals surface area contributed by atoms with E-state index in [0.717, 1.165) is 13.8 Å². The van der Waals surface area contributed by atoms with Crippen molar-refractivity contribution >= 4 is 65.7 Å². The number of ether oxygens (including phenoxy) is 17. The third-order valence-corrected chi connectivity index (χ3v) is 19.6. The van der Waals surface area contributed by atoms with Crippen molar-refractivity contribution in [2.24, 2.45) is 0 Å². The normalized spacial score (nSPS) is 22.6. The van der Waals surface area contributed by atoms with Crippen LogP contribution >= 0.6 is 0 Å². The Morgan fingerprint density at radius 3 is 0.976 bits per heavy atom. The van der Waals surface area contributed by atoms with Gasteiger partial charge in [-0.15, -0.1) is 0 Å². The largest absolute Gasteiger partial charge is 0.462 e.